The molecule has 4 rings (SSSR count). The van der Waals surface area contributed by atoms with Crippen LogP contribution in [0.4, 0.5) is 5.69 Å². The summed E-state index contributed by atoms with van der Waals surface area (Å²) in [5.41, 5.74) is 6.93. The lowest BCUT2D eigenvalue weighted by Gasteiger charge is -2.31. The predicted octanol–water partition coefficient (Wildman–Crippen LogP) is 4.62. The zero-order valence-corrected chi connectivity index (χ0v) is 18.1. The van der Waals surface area contributed by atoms with E-state index >= 15 is 0 Å². The Kier molecular flexibility index (Phi) is 5.55. The number of nitrogens with zero attached hydrogens (tertiary/aromatic N) is 3. The van der Waals surface area contributed by atoms with Gasteiger partial charge in [0.1, 0.15) is 0 Å². The highest BCUT2D eigenvalue weighted by atomic mass is 16.5. The SMILES string of the molecule is Cc1ccc(C(C)(C)c2ccc(N3CCc4cnc(C(=N)OC=N)nc4C3)cc2)cc1. The van der Waals surface area contributed by atoms with E-state index in [1.165, 1.54) is 16.7 Å². The second kappa shape index (κ2) is 8.30. The number of benzene rings is 2. The molecule has 0 saturated heterocycles. The average Bonchev–Trinajstić information content (AvgIpc) is 2.79. The normalized spacial score (nSPS) is 13.5. The van der Waals surface area contributed by atoms with Crippen molar-refractivity contribution in [1.29, 1.82) is 10.8 Å². The van der Waals surface area contributed by atoms with E-state index in [0.717, 1.165) is 36.3 Å². The minimum Gasteiger partial charge on any atom is -0.425 e. The summed E-state index contributed by atoms with van der Waals surface area (Å²) in [6, 6.07) is 17.5. The van der Waals surface area contributed by atoms with E-state index in [1.54, 1.807) is 6.20 Å². The van der Waals surface area contributed by atoms with Crippen molar-refractivity contribution in [1.82, 2.24) is 9.97 Å². The van der Waals surface area contributed by atoms with E-state index in [0.29, 0.717) is 6.54 Å². The van der Waals surface area contributed by atoms with E-state index in [-0.39, 0.29) is 17.1 Å². The summed E-state index contributed by atoms with van der Waals surface area (Å²) in [6.07, 6.45) is 3.34. The van der Waals surface area contributed by atoms with Crippen LogP contribution in [0.15, 0.2) is 54.7 Å². The lowest BCUT2D eigenvalue weighted by atomic mass is 9.78. The van der Waals surface area contributed by atoms with Gasteiger partial charge in [-0.05, 0) is 42.2 Å². The van der Waals surface area contributed by atoms with Crippen LogP contribution in [0.3, 0.4) is 0 Å². The zero-order valence-electron chi connectivity index (χ0n) is 18.1. The van der Waals surface area contributed by atoms with Crippen molar-refractivity contribution in [3.63, 3.8) is 0 Å². The zero-order chi connectivity index (χ0) is 22.0. The van der Waals surface area contributed by atoms with Gasteiger partial charge in [0.05, 0.1) is 12.2 Å². The molecule has 2 aromatic carbocycles. The van der Waals surface area contributed by atoms with Gasteiger partial charge in [0.15, 0.2) is 6.40 Å². The van der Waals surface area contributed by atoms with E-state index in [9.17, 15) is 0 Å². The summed E-state index contributed by atoms with van der Waals surface area (Å²) >= 11 is 0. The molecule has 3 aromatic rings. The highest BCUT2D eigenvalue weighted by Gasteiger charge is 2.24. The quantitative estimate of drug-likeness (QED) is 0.472. The van der Waals surface area contributed by atoms with Gasteiger partial charge >= 0.3 is 0 Å². The molecule has 0 fully saturated rings. The third kappa shape index (κ3) is 4.19. The van der Waals surface area contributed by atoms with Crippen molar-refractivity contribution in [2.45, 2.75) is 39.2 Å². The Hall–Kier alpha value is -3.54. The van der Waals surface area contributed by atoms with Crippen LogP contribution in [0.1, 0.15) is 47.6 Å². The molecule has 0 bridgehead atoms. The molecule has 6 nitrogen and oxygen atoms in total. The molecule has 0 spiro atoms. The molecule has 0 atom stereocenters. The number of ether oxygens (including phenoxy) is 1. The van der Waals surface area contributed by atoms with Gasteiger partial charge in [0.25, 0.3) is 5.90 Å². The lowest BCUT2D eigenvalue weighted by Crippen LogP contribution is -2.32. The van der Waals surface area contributed by atoms with Gasteiger partial charge in [-0.25, -0.2) is 9.97 Å². The van der Waals surface area contributed by atoms with Crippen LogP contribution in [0.25, 0.3) is 0 Å². The Morgan fingerprint density at radius 3 is 2.35 bits per heavy atom. The van der Waals surface area contributed by atoms with Crippen LogP contribution in [-0.4, -0.2) is 28.8 Å². The van der Waals surface area contributed by atoms with Gasteiger partial charge in [-0.1, -0.05) is 55.8 Å². The number of hydrogen-bond donors (Lipinski definition) is 2. The molecular weight excluding hydrogens is 386 g/mol. The molecule has 6 heteroatoms. The van der Waals surface area contributed by atoms with E-state index < -0.39 is 0 Å². The Balaban J connectivity index is 1.54. The summed E-state index contributed by atoms with van der Waals surface area (Å²) in [4.78, 5) is 11.0. The molecule has 0 amide bonds. The van der Waals surface area contributed by atoms with Crippen molar-refractivity contribution in [3.8, 4) is 0 Å². The first-order chi connectivity index (χ1) is 14.9. The number of nitrogens with one attached hydrogen (secondary N) is 2. The van der Waals surface area contributed by atoms with E-state index in [1.807, 2.05) is 0 Å². The monoisotopic (exact) mass is 413 g/mol. The summed E-state index contributed by atoms with van der Waals surface area (Å²) in [7, 11) is 0. The Morgan fingerprint density at radius 1 is 1.06 bits per heavy atom. The summed E-state index contributed by atoms with van der Waals surface area (Å²) in [5, 5.41) is 14.8. The molecule has 0 radical (unpaired) electrons. The molecule has 2 heterocycles. The van der Waals surface area contributed by atoms with Crippen molar-refractivity contribution in [2.75, 3.05) is 11.4 Å². The first kappa shape index (κ1) is 20.7. The minimum atomic E-state index is -0.211. The highest BCUT2D eigenvalue weighted by Crippen LogP contribution is 2.33. The molecule has 1 aliphatic rings. The fourth-order valence-electron chi connectivity index (χ4n) is 3.97. The first-order valence-electron chi connectivity index (χ1n) is 10.4. The van der Waals surface area contributed by atoms with Gasteiger partial charge in [-0.2, -0.15) is 0 Å². The van der Waals surface area contributed by atoms with Crippen molar-refractivity contribution < 1.29 is 4.74 Å². The number of rotatable bonds is 5. The van der Waals surface area contributed by atoms with Gasteiger partial charge in [0, 0.05) is 23.8 Å². The topological polar surface area (TPSA) is 86.0 Å². The van der Waals surface area contributed by atoms with Gasteiger partial charge in [0.2, 0.25) is 5.82 Å². The third-order valence-electron chi connectivity index (χ3n) is 6.05. The van der Waals surface area contributed by atoms with Crippen LogP contribution < -0.4 is 4.90 Å². The first-order valence-corrected chi connectivity index (χ1v) is 10.4. The number of hydrogen-bond acceptors (Lipinski definition) is 6. The van der Waals surface area contributed by atoms with E-state index in [2.05, 4.69) is 84.2 Å². The van der Waals surface area contributed by atoms with Gasteiger partial charge in [-0.3, -0.25) is 10.8 Å². The molecule has 1 aliphatic heterocycles. The molecule has 0 unspecified atom stereocenters. The van der Waals surface area contributed by atoms with Crippen LogP contribution in [0, 0.1) is 17.7 Å². The fourth-order valence-corrected chi connectivity index (χ4v) is 3.97. The van der Waals surface area contributed by atoms with E-state index in [4.69, 9.17) is 15.6 Å². The van der Waals surface area contributed by atoms with Gasteiger partial charge in [-0.15, -0.1) is 0 Å². The Bertz CT molecular complexity index is 1100. The van der Waals surface area contributed by atoms with Crippen molar-refractivity contribution >= 4 is 18.0 Å². The maximum Gasteiger partial charge on any atom is 0.258 e. The van der Waals surface area contributed by atoms with Crippen molar-refractivity contribution in [3.05, 3.63) is 88.5 Å². The predicted molar refractivity (Wildman–Crippen MR) is 123 cm³/mol. The molecule has 31 heavy (non-hydrogen) atoms. The van der Waals surface area contributed by atoms with Crippen LogP contribution >= 0.6 is 0 Å². The largest absolute Gasteiger partial charge is 0.425 e. The molecule has 158 valence electrons. The molecule has 0 aliphatic carbocycles. The Labute approximate surface area is 183 Å². The molecule has 0 saturated carbocycles. The second-order valence-corrected chi connectivity index (χ2v) is 8.44. The maximum atomic E-state index is 7.81. The van der Waals surface area contributed by atoms with Crippen LogP contribution in [0.2, 0.25) is 0 Å². The number of anilines is 1. The van der Waals surface area contributed by atoms with Crippen LogP contribution in [0.5, 0.6) is 0 Å². The molecule has 2 N–H and O–H groups in total. The summed E-state index contributed by atoms with van der Waals surface area (Å²) < 4.78 is 4.80. The highest BCUT2D eigenvalue weighted by molar-refractivity contribution is 5.91. The average molecular weight is 414 g/mol. The number of aromatic nitrogens is 2. The lowest BCUT2D eigenvalue weighted by molar-refractivity contribution is 0.553. The molecular formula is C25H27N5O. The van der Waals surface area contributed by atoms with Crippen LogP contribution in [-0.2, 0) is 23.1 Å². The Morgan fingerprint density at radius 2 is 1.71 bits per heavy atom. The maximum absolute atomic E-state index is 7.81. The second-order valence-electron chi connectivity index (χ2n) is 8.44. The smallest absolute Gasteiger partial charge is 0.258 e. The summed E-state index contributed by atoms with van der Waals surface area (Å²) in [6.45, 7) is 8.18. The minimum absolute atomic E-state index is 0.0713. The molecule has 1 aromatic heterocycles. The number of aryl methyl sites for hydroxylation is 1. The standard InChI is InChI=1S/C25H27N5O/c1-17-4-6-19(7-5-17)25(2,3)20-8-10-21(11-9-20)30-13-12-18-14-28-24(23(27)31-16-26)29-22(18)15-30/h4-11,14,16,26-27H,12-13,15H2,1-3H3. The third-order valence-corrected chi connectivity index (χ3v) is 6.05. The van der Waals surface area contributed by atoms with Crippen molar-refractivity contribution in [2.24, 2.45) is 0 Å². The fraction of sp³-hybridized carbons (Fsp3) is 0.280. The number of fused-ring (bicyclic) bond motifs is 1. The van der Waals surface area contributed by atoms with Gasteiger partial charge < -0.3 is 9.64 Å². The summed E-state index contributed by atoms with van der Waals surface area (Å²) in [5.74, 6) is -0.00286.